The van der Waals surface area contributed by atoms with Crippen LogP contribution >= 0.6 is 23.2 Å². The number of benzene rings is 2. The van der Waals surface area contributed by atoms with Gasteiger partial charge in [-0.25, -0.2) is 0 Å². The molecule has 0 saturated carbocycles. The Morgan fingerprint density at radius 2 is 2.00 bits per heavy atom. The summed E-state index contributed by atoms with van der Waals surface area (Å²) in [6, 6.07) is 12.6. The summed E-state index contributed by atoms with van der Waals surface area (Å²) in [5.41, 5.74) is 1.67. The van der Waals surface area contributed by atoms with Crippen molar-refractivity contribution in [1.82, 2.24) is 0 Å². The quantitative estimate of drug-likeness (QED) is 0.837. The maximum Gasteiger partial charge on any atom is 0.265 e. The van der Waals surface area contributed by atoms with Crippen LogP contribution in [0.5, 0.6) is 5.75 Å². The summed E-state index contributed by atoms with van der Waals surface area (Å²) in [4.78, 5) is 12.2. The summed E-state index contributed by atoms with van der Waals surface area (Å²) >= 11 is 11.9. The van der Waals surface area contributed by atoms with Crippen molar-refractivity contribution in [2.75, 3.05) is 5.32 Å². The van der Waals surface area contributed by atoms with Gasteiger partial charge in [0.05, 0.1) is 10.7 Å². The number of ether oxygens (including phenoxy) is 1. The minimum atomic E-state index is -0.640. The molecule has 5 heteroatoms. The summed E-state index contributed by atoms with van der Waals surface area (Å²) in [6.07, 6.45) is 0.275. The van der Waals surface area contributed by atoms with Gasteiger partial charge in [0.2, 0.25) is 0 Å². The molecule has 1 atom stereocenters. The fraction of sp³-hybridized carbons (Fsp3) is 0.235. The van der Waals surface area contributed by atoms with Crippen LogP contribution in [0.1, 0.15) is 19.4 Å². The summed E-state index contributed by atoms with van der Waals surface area (Å²) in [7, 11) is 0. The van der Waals surface area contributed by atoms with Crippen LogP contribution in [-0.4, -0.2) is 12.0 Å². The van der Waals surface area contributed by atoms with Crippen LogP contribution < -0.4 is 10.1 Å². The predicted octanol–water partition coefficient (Wildman–Crippen LogP) is 4.96. The molecule has 0 aromatic heterocycles. The Hall–Kier alpha value is -1.71. The van der Waals surface area contributed by atoms with Crippen LogP contribution in [0.4, 0.5) is 5.69 Å². The van der Waals surface area contributed by atoms with Gasteiger partial charge in [-0.2, -0.15) is 0 Å². The first-order valence-corrected chi connectivity index (χ1v) is 7.76. The number of carbonyl (C=O) groups excluding carboxylic acids is 1. The Morgan fingerprint density at radius 3 is 2.68 bits per heavy atom. The van der Waals surface area contributed by atoms with E-state index in [1.54, 1.807) is 25.1 Å². The lowest BCUT2D eigenvalue weighted by Crippen LogP contribution is -2.30. The van der Waals surface area contributed by atoms with Crippen LogP contribution in [0.3, 0.4) is 0 Å². The molecule has 1 unspecified atom stereocenters. The van der Waals surface area contributed by atoms with Gasteiger partial charge in [-0.1, -0.05) is 42.3 Å². The number of aryl methyl sites for hydroxylation is 1. The molecule has 0 aliphatic carbocycles. The van der Waals surface area contributed by atoms with E-state index in [1.807, 2.05) is 24.3 Å². The zero-order chi connectivity index (χ0) is 16.1. The van der Waals surface area contributed by atoms with Gasteiger partial charge in [-0.15, -0.1) is 0 Å². The van der Waals surface area contributed by atoms with E-state index in [9.17, 15) is 4.79 Å². The number of rotatable bonds is 5. The van der Waals surface area contributed by atoms with E-state index in [0.717, 1.165) is 12.0 Å². The van der Waals surface area contributed by atoms with Crippen molar-refractivity contribution < 1.29 is 9.53 Å². The first kappa shape index (κ1) is 16.7. The van der Waals surface area contributed by atoms with Crippen molar-refractivity contribution in [2.24, 2.45) is 0 Å². The zero-order valence-corrected chi connectivity index (χ0v) is 13.9. The minimum absolute atomic E-state index is 0.272. The second-order valence-electron chi connectivity index (χ2n) is 4.87. The summed E-state index contributed by atoms with van der Waals surface area (Å²) < 4.78 is 5.67. The molecule has 1 N–H and O–H groups in total. The number of carbonyl (C=O) groups is 1. The maximum absolute atomic E-state index is 12.2. The van der Waals surface area contributed by atoms with Gasteiger partial charge in [0.15, 0.2) is 6.10 Å². The van der Waals surface area contributed by atoms with Crippen LogP contribution in [0.25, 0.3) is 0 Å². The van der Waals surface area contributed by atoms with Crippen LogP contribution in [0, 0.1) is 0 Å². The molecule has 3 nitrogen and oxygen atoms in total. The number of anilines is 1. The highest BCUT2D eigenvalue weighted by Gasteiger charge is 2.16. The summed E-state index contributed by atoms with van der Waals surface area (Å²) in [6.45, 7) is 3.76. The fourth-order valence-electron chi connectivity index (χ4n) is 1.92. The van der Waals surface area contributed by atoms with Gasteiger partial charge in [0.25, 0.3) is 5.91 Å². The molecule has 2 aromatic carbocycles. The SMILES string of the molecule is CCc1cccc(OC(C)C(=O)Nc2ccc(Cl)cc2Cl)c1. The van der Waals surface area contributed by atoms with Crippen LogP contribution in [-0.2, 0) is 11.2 Å². The second kappa shape index (κ2) is 7.52. The Morgan fingerprint density at radius 1 is 1.23 bits per heavy atom. The summed E-state index contributed by atoms with van der Waals surface area (Å²) in [5.74, 6) is 0.398. The zero-order valence-electron chi connectivity index (χ0n) is 12.4. The Balaban J connectivity index is 2.02. The highest BCUT2D eigenvalue weighted by Crippen LogP contribution is 2.25. The molecular weight excluding hydrogens is 321 g/mol. The third-order valence-corrected chi connectivity index (χ3v) is 3.73. The number of nitrogens with one attached hydrogen (secondary N) is 1. The van der Waals surface area contributed by atoms with E-state index in [0.29, 0.717) is 21.5 Å². The standard InChI is InChI=1S/C17H17Cl2NO2/c1-3-12-5-4-6-14(9-12)22-11(2)17(21)20-16-8-7-13(18)10-15(16)19/h4-11H,3H2,1-2H3,(H,20,21). The van der Waals surface area contributed by atoms with Gasteiger partial charge in [0.1, 0.15) is 5.75 Å². The van der Waals surface area contributed by atoms with Crippen molar-refractivity contribution in [3.63, 3.8) is 0 Å². The van der Waals surface area contributed by atoms with E-state index in [2.05, 4.69) is 12.2 Å². The molecule has 0 bridgehead atoms. The first-order valence-electron chi connectivity index (χ1n) is 7.01. The molecule has 0 aliphatic heterocycles. The Labute approximate surface area is 140 Å². The predicted molar refractivity (Wildman–Crippen MR) is 91.0 cm³/mol. The van der Waals surface area contributed by atoms with E-state index in [1.165, 1.54) is 0 Å². The molecule has 2 rings (SSSR count). The molecule has 0 aliphatic rings. The van der Waals surface area contributed by atoms with E-state index in [-0.39, 0.29) is 5.91 Å². The van der Waals surface area contributed by atoms with E-state index < -0.39 is 6.10 Å². The van der Waals surface area contributed by atoms with Gasteiger partial charge in [-0.05, 0) is 49.2 Å². The molecule has 22 heavy (non-hydrogen) atoms. The third-order valence-electron chi connectivity index (χ3n) is 3.18. The normalized spacial score (nSPS) is 11.8. The highest BCUT2D eigenvalue weighted by atomic mass is 35.5. The fourth-order valence-corrected chi connectivity index (χ4v) is 2.38. The third kappa shape index (κ3) is 4.39. The highest BCUT2D eigenvalue weighted by molar-refractivity contribution is 6.36. The topological polar surface area (TPSA) is 38.3 Å². The van der Waals surface area contributed by atoms with Gasteiger partial charge in [0, 0.05) is 5.02 Å². The molecular formula is C17H17Cl2NO2. The van der Waals surface area contributed by atoms with Gasteiger partial charge >= 0.3 is 0 Å². The average Bonchev–Trinajstić information content (AvgIpc) is 2.50. The second-order valence-corrected chi connectivity index (χ2v) is 5.72. The number of hydrogen-bond acceptors (Lipinski definition) is 2. The van der Waals surface area contributed by atoms with Crippen molar-refractivity contribution in [3.05, 3.63) is 58.1 Å². The Kier molecular flexibility index (Phi) is 5.69. The number of amides is 1. The smallest absolute Gasteiger partial charge is 0.265 e. The van der Waals surface area contributed by atoms with Crippen LogP contribution in [0.2, 0.25) is 10.0 Å². The molecule has 0 fully saturated rings. The van der Waals surface area contributed by atoms with Crippen molar-refractivity contribution in [1.29, 1.82) is 0 Å². The maximum atomic E-state index is 12.2. The van der Waals surface area contributed by atoms with Crippen molar-refractivity contribution in [2.45, 2.75) is 26.4 Å². The molecule has 0 saturated heterocycles. The van der Waals surface area contributed by atoms with Crippen LogP contribution in [0.15, 0.2) is 42.5 Å². The largest absolute Gasteiger partial charge is 0.481 e. The molecule has 1 amide bonds. The number of hydrogen-bond donors (Lipinski definition) is 1. The van der Waals surface area contributed by atoms with Gasteiger partial charge in [-0.3, -0.25) is 4.79 Å². The van der Waals surface area contributed by atoms with Gasteiger partial charge < -0.3 is 10.1 Å². The van der Waals surface area contributed by atoms with E-state index in [4.69, 9.17) is 27.9 Å². The lowest BCUT2D eigenvalue weighted by atomic mass is 10.2. The lowest BCUT2D eigenvalue weighted by Gasteiger charge is -2.16. The molecule has 116 valence electrons. The molecule has 2 aromatic rings. The minimum Gasteiger partial charge on any atom is -0.481 e. The molecule has 0 spiro atoms. The molecule has 0 radical (unpaired) electrons. The Bertz CT molecular complexity index is 673. The lowest BCUT2D eigenvalue weighted by molar-refractivity contribution is -0.122. The van der Waals surface area contributed by atoms with Crippen molar-refractivity contribution >= 4 is 34.8 Å². The number of halogens is 2. The van der Waals surface area contributed by atoms with Crippen molar-refractivity contribution in [3.8, 4) is 5.75 Å². The monoisotopic (exact) mass is 337 g/mol. The average molecular weight is 338 g/mol. The summed E-state index contributed by atoms with van der Waals surface area (Å²) in [5, 5.41) is 3.64. The van der Waals surface area contributed by atoms with E-state index >= 15 is 0 Å². The molecule has 0 heterocycles. The first-order chi connectivity index (χ1) is 10.5.